The minimum absolute atomic E-state index is 0.253. The zero-order valence-electron chi connectivity index (χ0n) is 11.2. The Labute approximate surface area is 109 Å². The van der Waals surface area contributed by atoms with Crippen molar-refractivity contribution in [3.63, 3.8) is 0 Å². The predicted octanol–water partition coefficient (Wildman–Crippen LogP) is 3.84. The van der Waals surface area contributed by atoms with E-state index in [2.05, 4.69) is 17.2 Å². The molecule has 1 aromatic heterocycles. The third-order valence-corrected chi connectivity index (χ3v) is 3.80. The standard InChI is InChI=1S/C15H23FN2/c1-2-10-17-15(12-6-4-3-5-7-12)14-9-8-13(16)11-18-14/h8-9,11-12,15,17H,2-7,10H2,1H3. The van der Waals surface area contributed by atoms with Gasteiger partial charge in [0.15, 0.2) is 0 Å². The van der Waals surface area contributed by atoms with E-state index in [0.29, 0.717) is 12.0 Å². The molecule has 1 saturated carbocycles. The van der Waals surface area contributed by atoms with Crippen molar-refractivity contribution in [3.05, 3.63) is 29.8 Å². The predicted molar refractivity (Wildman–Crippen MR) is 71.8 cm³/mol. The van der Waals surface area contributed by atoms with Gasteiger partial charge in [0.25, 0.3) is 0 Å². The average molecular weight is 250 g/mol. The molecule has 0 aromatic carbocycles. The van der Waals surface area contributed by atoms with Crippen molar-refractivity contribution >= 4 is 0 Å². The molecule has 2 rings (SSSR count). The molecule has 1 aliphatic carbocycles. The first kappa shape index (κ1) is 13.5. The number of nitrogens with one attached hydrogen (secondary N) is 1. The molecule has 0 spiro atoms. The summed E-state index contributed by atoms with van der Waals surface area (Å²) < 4.78 is 13.0. The molecule has 1 N–H and O–H groups in total. The molecular weight excluding hydrogens is 227 g/mol. The van der Waals surface area contributed by atoms with Gasteiger partial charge in [0, 0.05) is 0 Å². The highest BCUT2D eigenvalue weighted by Crippen LogP contribution is 2.33. The Morgan fingerprint density at radius 3 is 2.72 bits per heavy atom. The molecule has 100 valence electrons. The number of hydrogen-bond donors (Lipinski definition) is 1. The number of nitrogens with zero attached hydrogens (tertiary/aromatic N) is 1. The van der Waals surface area contributed by atoms with E-state index in [1.807, 2.05) is 6.07 Å². The summed E-state index contributed by atoms with van der Waals surface area (Å²) in [5.41, 5.74) is 0.997. The van der Waals surface area contributed by atoms with Crippen molar-refractivity contribution in [3.8, 4) is 0 Å². The van der Waals surface area contributed by atoms with E-state index in [1.165, 1.54) is 44.4 Å². The molecule has 18 heavy (non-hydrogen) atoms. The van der Waals surface area contributed by atoms with Crippen LogP contribution in [-0.2, 0) is 0 Å². The Kier molecular flexibility index (Phi) is 5.12. The van der Waals surface area contributed by atoms with Crippen LogP contribution in [0.25, 0.3) is 0 Å². The maximum atomic E-state index is 13.0. The summed E-state index contributed by atoms with van der Waals surface area (Å²) in [6.45, 7) is 3.17. The monoisotopic (exact) mass is 250 g/mol. The Balaban J connectivity index is 2.10. The fraction of sp³-hybridized carbons (Fsp3) is 0.667. The summed E-state index contributed by atoms with van der Waals surface area (Å²) in [5.74, 6) is 0.403. The van der Waals surface area contributed by atoms with Crippen molar-refractivity contribution in [2.75, 3.05) is 6.54 Å². The van der Waals surface area contributed by atoms with Crippen molar-refractivity contribution in [1.29, 1.82) is 0 Å². The molecule has 1 unspecified atom stereocenters. The van der Waals surface area contributed by atoms with Crippen LogP contribution in [0.1, 0.15) is 57.2 Å². The number of halogens is 1. The van der Waals surface area contributed by atoms with Crippen LogP contribution in [0.15, 0.2) is 18.3 Å². The Morgan fingerprint density at radius 2 is 2.11 bits per heavy atom. The second-order valence-corrected chi connectivity index (χ2v) is 5.23. The SMILES string of the molecule is CCCNC(c1ccc(F)cn1)C1CCCCC1. The topological polar surface area (TPSA) is 24.9 Å². The zero-order chi connectivity index (χ0) is 12.8. The van der Waals surface area contributed by atoms with Gasteiger partial charge in [0.1, 0.15) is 5.82 Å². The molecule has 1 aromatic rings. The molecule has 2 nitrogen and oxygen atoms in total. The van der Waals surface area contributed by atoms with Crippen LogP contribution in [0, 0.1) is 11.7 Å². The average Bonchev–Trinajstić information content (AvgIpc) is 2.42. The van der Waals surface area contributed by atoms with Crippen LogP contribution in [0.5, 0.6) is 0 Å². The molecule has 3 heteroatoms. The molecule has 1 aliphatic rings. The van der Waals surface area contributed by atoms with E-state index in [9.17, 15) is 4.39 Å². The van der Waals surface area contributed by atoms with Crippen molar-refractivity contribution in [2.24, 2.45) is 5.92 Å². The van der Waals surface area contributed by atoms with Crippen LogP contribution in [-0.4, -0.2) is 11.5 Å². The molecule has 0 aliphatic heterocycles. The highest BCUT2D eigenvalue weighted by molar-refractivity contribution is 5.11. The normalized spacial score (nSPS) is 18.8. The van der Waals surface area contributed by atoms with Gasteiger partial charge < -0.3 is 5.32 Å². The van der Waals surface area contributed by atoms with Gasteiger partial charge in [0.2, 0.25) is 0 Å². The number of pyridine rings is 1. The summed E-state index contributed by atoms with van der Waals surface area (Å²) in [7, 11) is 0. The molecule has 1 fully saturated rings. The van der Waals surface area contributed by atoms with E-state index >= 15 is 0 Å². The smallest absolute Gasteiger partial charge is 0.141 e. The molecule has 0 bridgehead atoms. The lowest BCUT2D eigenvalue weighted by molar-refractivity contribution is 0.268. The highest BCUT2D eigenvalue weighted by atomic mass is 19.1. The highest BCUT2D eigenvalue weighted by Gasteiger charge is 2.25. The first-order chi connectivity index (χ1) is 8.81. The molecule has 0 radical (unpaired) electrons. The zero-order valence-corrected chi connectivity index (χ0v) is 11.2. The maximum absolute atomic E-state index is 13.0. The van der Waals surface area contributed by atoms with Crippen molar-refractivity contribution in [1.82, 2.24) is 10.3 Å². The summed E-state index contributed by atoms with van der Waals surface area (Å²) in [6.07, 6.45) is 8.96. The van der Waals surface area contributed by atoms with Crippen LogP contribution in [0.3, 0.4) is 0 Å². The fourth-order valence-electron chi connectivity index (χ4n) is 2.85. The first-order valence-corrected chi connectivity index (χ1v) is 7.16. The minimum atomic E-state index is -0.253. The molecular formula is C15H23FN2. The minimum Gasteiger partial charge on any atom is -0.308 e. The Morgan fingerprint density at radius 1 is 1.33 bits per heavy atom. The number of rotatable bonds is 5. The Hall–Kier alpha value is -0.960. The number of aromatic nitrogens is 1. The third kappa shape index (κ3) is 3.52. The van der Waals surface area contributed by atoms with Crippen LogP contribution >= 0.6 is 0 Å². The van der Waals surface area contributed by atoms with E-state index in [1.54, 1.807) is 0 Å². The maximum Gasteiger partial charge on any atom is 0.141 e. The van der Waals surface area contributed by atoms with Crippen LogP contribution in [0.4, 0.5) is 4.39 Å². The lowest BCUT2D eigenvalue weighted by Crippen LogP contribution is -2.31. The van der Waals surface area contributed by atoms with Crippen LogP contribution in [0.2, 0.25) is 0 Å². The largest absolute Gasteiger partial charge is 0.308 e. The van der Waals surface area contributed by atoms with E-state index in [4.69, 9.17) is 0 Å². The second kappa shape index (κ2) is 6.83. The fourth-order valence-corrected chi connectivity index (χ4v) is 2.85. The van der Waals surface area contributed by atoms with Gasteiger partial charge in [-0.25, -0.2) is 4.39 Å². The van der Waals surface area contributed by atoms with Gasteiger partial charge in [-0.1, -0.05) is 26.2 Å². The first-order valence-electron chi connectivity index (χ1n) is 7.16. The summed E-state index contributed by atoms with van der Waals surface area (Å²) in [4.78, 5) is 4.27. The second-order valence-electron chi connectivity index (χ2n) is 5.23. The lowest BCUT2D eigenvalue weighted by Gasteiger charge is -2.30. The molecule has 0 amide bonds. The van der Waals surface area contributed by atoms with Gasteiger partial charge in [-0.15, -0.1) is 0 Å². The van der Waals surface area contributed by atoms with E-state index in [-0.39, 0.29) is 5.82 Å². The summed E-state index contributed by atoms with van der Waals surface area (Å²) in [5, 5.41) is 3.59. The van der Waals surface area contributed by atoms with E-state index < -0.39 is 0 Å². The van der Waals surface area contributed by atoms with Gasteiger partial charge in [-0.2, -0.15) is 0 Å². The lowest BCUT2D eigenvalue weighted by atomic mass is 9.82. The molecule has 0 saturated heterocycles. The van der Waals surface area contributed by atoms with Crippen molar-refractivity contribution in [2.45, 2.75) is 51.5 Å². The van der Waals surface area contributed by atoms with Gasteiger partial charge in [0.05, 0.1) is 17.9 Å². The quantitative estimate of drug-likeness (QED) is 0.858. The third-order valence-electron chi connectivity index (χ3n) is 3.80. The summed E-state index contributed by atoms with van der Waals surface area (Å²) >= 11 is 0. The number of hydrogen-bond acceptors (Lipinski definition) is 2. The van der Waals surface area contributed by atoms with Crippen LogP contribution < -0.4 is 5.32 Å². The van der Waals surface area contributed by atoms with Gasteiger partial charge in [-0.3, -0.25) is 4.98 Å². The van der Waals surface area contributed by atoms with Crippen molar-refractivity contribution < 1.29 is 4.39 Å². The van der Waals surface area contributed by atoms with Gasteiger partial charge >= 0.3 is 0 Å². The summed E-state index contributed by atoms with van der Waals surface area (Å²) in [6, 6.07) is 3.65. The van der Waals surface area contributed by atoms with Gasteiger partial charge in [-0.05, 0) is 43.9 Å². The molecule has 1 atom stereocenters. The Bertz CT molecular complexity index is 344. The molecule has 1 heterocycles. The van der Waals surface area contributed by atoms with E-state index in [0.717, 1.165) is 18.7 Å².